The van der Waals surface area contributed by atoms with Crippen molar-refractivity contribution in [3.05, 3.63) is 0 Å². The van der Waals surface area contributed by atoms with Gasteiger partial charge in [0.2, 0.25) is 4.08 Å². The molecule has 0 aromatic rings. The van der Waals surface area contributed by atoms with Crippen molar-refractivity contribution < 1.29 is 316 Å². The van der Waals surface area contributed by atoms with E-state index in [2.05, 4.69) is 0 Å². The van der Waals surface area contributed by atoms with Crippen LogP contribution in [0.4, 0.5) is 0 Å². The molecule has 0 aliphatic rings. The fraction of sp³-hybridized carbons (Fsp3) is 0.500. The Kier molecular flexibility index (Phi) is 31.4. The number of aliphatic carboxylic acids is 2. The second-order valence-electron chi connectivity index (χ2n) is 3.06. The summed E-state index contributed by atoms with van der Waals surface area (Å²) in [5, 5.41) is 16.4. The van der Waals surface area contributed by atoms with E-state index in [0.717, 1.165) is 0 Å². The van der Waals surface area contributed by atoms with Crippen molar-refractivity contribution in [3.63, 3.8) is 0 Å². The maximum absolute atomic E-state index is 10.7. The monoisotopic (exact) mass is 548 g/mol. The van der Waals surface area contributed by atoms with Crippen LogP contribution in [0.5, 0.6) is 0 Å². The molecule has 21 heteroatoms. The molecule has 0 aliphatic heterocycles. The third kappa shape index (κ3) is 11.7. The van der Waals surface area contributed by atoms with Crippen LogP contribution < -0.4 is 267 Å². The van der Waals surface area contributed by atoms with E-state index in [9.17, 15) is 58.7 Å². The maximum atomic E-state index is 10.7. The first-order chi connectivity index (χ1) is 8.51. The normalized spacial score (nSPS) is 12.4. The summed E-state index contributed by atoms with van der Waals surface area (Å²) >= 11 is 0. The summed E-state index contributed by atoms with van der Waals surface area (Å²) in [6, 6.07) is 0. The van der Waals surface area contributed by atoms with E-state index in [1.54, 1.807) is 0 Å². The van der Waals surface area contributed by atoms with Crippen LogP contribution in [0.3, 0.4) is 0 Å². The first-order valence-electron chi connectivity index (χ1n) is 3.79. The van der Waals surface area contributed by atoms with E-state index in [1.165, 1.54) is 0 Å². The standard InChI is InChI=1S/C4H6O13S3.5K/c5-2(6)1(18(9,10)11)4(3(7)8,19(12,13)14)20(15,16)17;;;;;/h1H,(H,5,6)(H,7,8)(H,9,10,11)(H,12,13,14)(H,15,16,17);;;;;/q;5*+1/p-5. The summed E-state index contributed by atoms with van der Waals surface area (Å²) in [6.07, 6.45) is 0. The van der Waals surface area contributed by atoms with Gasteiger partial charge in [-0.15, -0.1) is 0 Å². The van der Waals surface area contributed by atoms with Crippen LogP contribution in [-0.4, -0.2) is 60.2 Å². The molecule has 0 heterocycles. The second kappa shape index (κ2) is 17.3. The molecule has 118 valence electrons. The predicted octanol–water partition coefficient (Wildman–Crippen LogP) is -21.8. The quantitative estimate of drug-likeness (QED) is 0.221. The van der Waals surface area contributed by atoms with Gasteiger partial charge in [0, 0.05) is 0 Å². The SMILES string of the molecule is O=C([O-])C(C(C(=O)[O-])(S(=O)(=O)[O-])S(=O)(=O)[O-])S(=O)(=O)[O-].[K+].[K+].[K+].[K+].[K+]. The Balaban J connectivity index is -0.000000180. The zero-order chi connectivity index (χ0) is 16.7. The summed E-state index contributed by atoms with van der Waals surface area (Å²) in [7, 11) is -20.7. The molecule has 0 fully saturated rings. The number of carbonyl (C=O) groups excluding carboxylic acids is 2. The van der Waals surface area contributed by atoms with E-state index in [-0.39, 0.29) is 257 Å². The Labute approximate surface area is 355 Å². The van der Waals surface area contributed by atoms with Gasteiger partial charge in [0.05, 0.1) is 11.9 Å². The average Bonchev–Trinajstić information content (AvgIpc) is 2.05. The van der Waals surface area contributed by atoms with Crippen LogP contribution in [0.25, 0.3) is 0 Å². The molecular weight excluding hydrogens is 548 g/mol. The van der Waals surface area contributed by atoms with Crippen molar-refractivity contribution in [2.75, 3.05) is 0 Å². The van der Waals surface area contributed by atoms with Gasteiger partial charge in [0.1, 0.15) is 35.6 Å². The summed E-state index contributed by atoms with van der Waals surface area (Å²) in [4.78, 5) is 20.9. The Morgan fingerprint density at radius 1 is 0.680 bits per heavy atom. The fourth-order valence-corrected chi connectivity index (χ4v) is 5.41. The second-order valence-corrected chi connectivity index (χ2v) is 7.87. The summed E-state index contributed by atoms with van der Waals surface area (Å²) in [5.41, 5.74) is 0. The molecular formula is C4HK5O13S3. The molecule has 0 aromatic carbocycles. The van der Waals surface area contributed by atoms with E-state index < -0.39 is 51.6 Å². The minimum atomic E-state index is -7.02. The van der Waals surface area contributed by atoms with Crippen molar-refractivity contribution in [1.82, 2.24) is 0 Å². The van der Waals surface area contributed by atoms with Crippen LogP contribution >= 0.6 is 0 Å². The van der Waals surface area contributed by atoms with Crippen molar-refractivity contribution >= 4 is 42.3 Å². The molecule has 1 unspecified atom stereocenters. The fourth-order valence-electron chi connectivity index (χ4n) is 1.16. The zero-order valence-corrected chi connectivity index (χ0v) is 31.7. The molecule has 25 heavy (non-hydrogen) atoms. The third-order valence-corrected chi connectivity index (χ3v) is 6.81. The maximum Gasteiger partial charge on any atom is 1.00 e. The van der Waals surface area contributed by atoms with Gasteiger partial charge < -0.3 is 33.5 Å². The average molecular weight is 549 g/mol. The van der Waals surface area contributed by atoms with E-state index in [4.69, 9.17) is 0 Å². The molecule has 0 saturated carbocycles. The Hall–Kier alpha value is 6.85. The van der Waals surface area contributed by atoms with Crippen LogP contribution in [0.15, 0.2) is 0 Å². The van der Waals surface area contributed by atoms with Crippen LogP contribution in [0, 0.1) is 0 Å². The number of hydrogen-bond acceptors (Lipinski definition) is 13. The topological polar surface area (TPSA) is 252 Å². The number of carboxylic acid groups (broad SMARTS) is 2. The molecule has 1 atom stereocenters. The van der Waals surface area contributed by atoms with Gasteiger partial charge in [-0.25, -0.2) is 25.3 Å². The van der Waals surface area contributed by atoms with Gasteiger partial charge in [0.25, 0.3) is 0 Å². The molecule has 0 aromatic heterocycles. The van der Waals surface area contributed by atoms with Crippen molar-refractivity contribution in [2.24, 2.45) is 0 Å². The summed E-state index contributed by atoms with van der Waals surface area (Å²) < 4.78 is 90.1. The van der Waals surface area contributed by atoms with Crippen molar-refractivity contribution in [2.45, 2.75) is 9.33 Å². The zero-order valence-electron chi connectivity index (χ0n) is 13.6. The van der Waals surface area contributed by atoms with Crippen LogP contribution in [0.1, 0.15) is 0 Å². The molecule has 0 saturated heterocycles. The minimum Gasteiger partial charge on any atom is -0.747 e. The Morgan fingerprint density at radius 3 is 0.960 bits per heavy atom. The third-order valence-electron chi connectivity index (χ3n) is 1.88. The molecule has 13 nitrogen and oxygen atoms in total. The van der Waals surface area contributed by atoms with Crippen molar-refractivity contribution in [1.29, 1.82) is 0 Å². The van der Waals surface area contributed by atoms with E-state index in [0.29, 0.717) is 0 Å². The predicted molar refractivity (Wildman–Crippen MR) is 45.6 cm³/mol. The van der Waals surface area contributed by atoms with Crippen LogP contribution in [-0.2, 0) is 39.9 Å². The largest absolute Gasteiger partial charge is 1.00 e. The Bertz CT molecular complexity index is 721. The molecule has 0 aliphatic carbocycles. The molecule has 0 radical (unpaired) electrons. The number of carbonyl (C=O) groups is 2. The van der Waals surface area contributed by atoms with E-state index in [1.807, 2.05) is 0 Å². The van der Waals surface area contributed by atoms with Gasteiger partial charge >= 0.3 is 257 Å². The summed E-state index contributed by atoms with van der Waals surface area (Å²) in [5.74, 6) is -7.11. The van der Waals surface area contributed by atoms with Gasteiger partial charge in [-0.3, -0.25) is 0 Å². The van der Waals surface area contributed by atoms with Gasteiger partial charge in [0.15, 0.2) is 0 Å². The smallest absolute Gasteiger partial charge is 0.747 e. The molecule has 0 bridgehead atoms. The molecule has 0 rings (SSSR count). The minimum absolute atomic E-state index is 0. The van der Waals surface area contributed by atoms with E-state index >= 15 is 0 Å². The number of carboxylic acids is 2. The Morgan fingerprint density at radius 2 is 0.920 bits per heavy atom. The first-order valence-corrected chi connectivity index (χ1v) is 8.08. The van der Waals surface area contributed by atoms with Crippen LogP contribution in [0.2, 0.25) is 0 Å². The van der Waals surface area contributed by atoms with Gasteiger partial charge in [-0.1, -0.05) is 0 Å². The van der Waals surface area contributed by atoms with Gasteiger partial charge in [-0.05, 0) is 0 Å². The first kappa shape index (κ1) is 45.4. The summed E-state index contributed by atoms with van der Waals surface area (Å²) in [6.45, 7) is 0. The van der Waals surface area contributed by atoms with Gasteiger partial charge in [-0.2, -0.15) is 0 Å². The number of rotatable bonds is 6. The molecule has 0 amide bonds. The molecule has 0 spiro atoms. The number of hydrogen-bond donors (Lipinski definition) is 0. The van der Waals surface area contributed by atoms with Crippen molar-refractivity contribution in [3.8, 4) is 0 Å². The molecule has 0 N–H and O–H groups in total.